The van der Waals surface area contributed by atoms with Crippen LogP contribution in [0.1, 0.15) is 23.7 Å². The summed E-state index contributed by atoms with van der Waals surface area (Å²) in [7, 11) is 0. The second kappa shape index (κ2) is 4.71. The fourth-order valence-corrected chi connectivity index (χ4v) is 2.70. The van der Waals surface area contributed by atoms with Crippen LogP contribution >= 0.6 is 0 Å². The monoisotopic (exact) mass is 246 g/mol. The summed E-state index contributed by atoms with van der Waals surface area (Å²) in [6, 6.07) is 8.58. The lowest BCUT2D eigenvalue weighted by molar-refractivity contribution is -0.130. The molecular formula is C14H18N2O2. The first-order valence-electron chi connectivity index (χ1n) is 6.44. The molecule has 18 heavy (non-hydrogen) atoms. The number of hydrogen-bond donors (Lipinski definition) is 1. The topological polar surface area (TPSA) is 41.6 Å². The number of hydrogen-bond acceptors (Lipinski definition) is 3. The standard InChI is InChI=1S/C14H18N2O2/c1-10-2-4-11(5-3-10)14-15-8-13(17)16(14)12-6-7-18-9-12/h2-5,12,14-15H,6-9H2,1H3. The Balaban J connectivity index is 1.85. The van der Waals surface area contributed by atoms with Crippen LogP contribution in [-0.4, -0.2) is 36.6 Å². The quantitative estimate of drug-likeness (QED) is 0.853. The number of nitrogens with one attached hydrogen (secondary N) is 1. The van der Waals surface area contributed by atoms with Crippen molar-refractivity contribution in [2.75, 3.05) is 19.8 Å². The Morgan fingerprint density at radius 2 is 2.11 bits per heavy atom. The van der Waals surface area contributed by atoms with E-state index in [0.717, 1.165) is 18.6 Å². The number of carbonyl (C=O) groups is 1. The zero-order chi connectivity index (χ0) is 12.5. The van der Waals surface area contributed by atoms with Gasteiger partial charge in [0.15, 0.2) is 0 Å². The molecule has 1 amide bonds. The van der Waals surface area contributed by atoms with Crippen LogP contribution in [0.4, 0.5) is 0 Å². The highest BCUT2D eigenvalue weighted by atomic mass is 16.5. The summed E-state index contributed by atoms with van der Waals surface area (Å²) in [5, 5.41) is 3.29. The molecule has 1 aromatic rings. The first-order valence-corrected chi connectivity index (χ1v) is 6.44. The van der Waals surface area contributed by atoms with Gasteiger partial charge in [-0.1, -0.05) is 29.8 Å². The van der Waals surface area contributed by atoms with Gasteiger partial charge in [-0.3, -0.25) is 10.1 Å². The average Bonchev–Trinajstić information content (AvgIpc) is 2.99. The molecule has 1 N–H and O–H groups in total. The zero-order valence-corrected chi connectivity index (χ0v) is 10.6. The molecule has 3 rings (SSSR count). The second-order valence-corrected chi connectivity index (χ2v) is 5.01. The van der Waals surface area contributed by atoms with Crippen LogP contribution < -0.4 is 5.32 Å². The maximum absolute atomic E-state index is 12.0. The smallest absolute Gasteiger partial charge is 0.238 e. The molecule has 0 bridgehead atoms. The van der Waals surface area contributed by atoms with Crippen molar-refractivity contribution in [3.63, 3.8) is 0 Å². The molecule has 2 fully saturated rings. The molecule has 4 nitrogen and oxygen atoms in total. The van der Waals surface area contributed by atoms with Crippen LogP contribution in [0.15, 0.2) is 24.3 Å². The zero-order valence-electron chi connectivity index (χ0n) is 10.6. The van der Waals surface area contributed by atoms with Gasteiger partial charge in [0.25, 0.3) is 0 Å². The molecule has 1 aromatic carbocycles. The van der Waals surface area contributed by atoms with Crippen molar-refractivity contribution in [1.82, 2.24) is 10.2 Å². The highest BCUT2D eigenvalue weighted by Crippen LogP contribution is 2.28. The number of aryl methyl sites for hydroxylation is 1. The van der Waals surface area contributed by atoms with Crippen LogP contribution in [-0.2, 0) is 9.53 Å². The van der Waals surface area contributed by atoms with Crippen LogP contribution in [0.3, 0.4) is 0 Å². The van der Waals surface area contributed by atoms with Crippen LogP contribution in [0.2, 0.25) is 0 Å². The summed E-state index contributed by atoms with van der Waals surface area (Å²) in [5.41, 5.74) is 2.39. The van der Waals surface area contributed by atoms with Gasteiger partial charge in [-0.05, 0) is 18.9 Å². The minimum atomic E-state index is 0.00444. The first-order chi connectivity index (χ1) is 8.75. The Kier molecular flexibility index (Phi) is 3.06. The van der Waals surface area contributed by atoms with E-state index in [9.17, 15) is 4.79 Å². The summed E-state index contributed by atoms with van der Waals surface area (Å²) in [6.45, 7) is 3.92. The summed E-state index contributed by atoms with van der Waals surface area (Å²) >= 11 is 0. The third-order valence-electron chi connectivity index (χ3n) is 3.70. The second-order valence-electron chi connectivity index (χ2n) is 5.01. The van der Waals surface area contributed by atoms with E-state index in [0.29, 0.717) is 13.2 Å². The lowest BCUT2D eigenvalue weighted by Gasteiger charge is -2.29. The van der Waals surface area contributed by atoms with Gasteiger partial charge in [-0.25, -0.2) is 0 Å². The van der Waals surface area contributed by atoms with Gasteiger partial charge in [0.2, 0.25) is 5.91 Å². The molecule has 2 aliphatic rings. The van der Waals surface area contributed by atoms with Gasteiger partial charge in [0, 0.05) is 6.61 Å². The fourth-order valence-electron chi connectivity index (χ4n) is 2.70. The van der Waals surface area contributed by atoms with Gasteiger partial charge >= 0.3 is 0 Å². The number of benzene rings is 1. The van der Waals surface area contributed by atoms with E-state index >= 15 is 0 Å². The predicted octanol–water partition coefficient (Wildman–Crippen LogP) is 1.21. The minimum Gasteiger partial charge on any atom is -0.379 e. The summed E-state index contributed by atoms with van der Waals surface area (Å²) in [5.74, 6) is 0.177. The maximum atomic E-state index is 12.0. The van der Waals surface area contributed by atoms with Gasteiger partial charge in [0.05, 0.1) is 19.2 Å². The van der Waals surface area contributed by atoms with Crippen molar-refractivity contribution >= 4 is 5.91 Å². The van der Waals surface area contributed by atoms with E-state index in [1.54, 1.807) is 0 Å². The number of ether oxygens (including phenoxy) is 1. The minimum absolute atomic E-state index is 0.00444. The third kappa shape index (κ3) is 2.02. The third-order valence-corrected chi connectivity index (χ3v) is 3.70. The van der Waals surface area contributed by atoms with Crippen molar-refractivity contribution in [3.05, 3.63) is 35.4 Å². The summed E-state index contributed by atoms with van der Waals surface area (Å²) in [6.07, 6.45) is 0.945. The van der Waals surface area contributed by atoms with E-state index in [2.05, 4.69) is 36.5 Å². The summed E-state index contributed by atoms with van der Waals surface area (Å²) in [4.78, 5) is 14.0. The number of nitrogens with zero attached hydrogens (tertiary/aromatic N) is 1. The van der Waals surface area contributed by atoms with Crippen LogP contribution in [0.5, 0.6) is 0 Å². The molecule has 2 heterocycles. The summed E-state index contributed by atoms with van der Waals surface area (Å²) < 4.78 is 5.40. The Hall–Kier alpha value is -1.39. The Labute approximate surface area is 107 Å². The average molecular weight is 246 g/mol. The highest BCUT2D eigenvalue weighted by Gasteiger charge is 2.38. The molecule has 2 aliphatic heterocycles. The Bertz CT molecular complexity index is 438. The number of amides is 1. The molecular weight excluding hydrogens is 228 g/mol. The normalized spacial score (nSPS) is 28.1. The van der Waals surface area contributed by atoms with Gasteiger partial charge in [-0.2, -0.15) is 0 Å². The van der Waals surface area contributed by atoms with Crippen molar-refractivity contribution in [2.24, 2.45) is 0 Å². The van der Waals surface area contributed by atoms with Crippen LogP contribution in [0.25, 0.3) is 0 Å². The van der Waals surface area contributed by atoms with E-state index in [1.807, 2.05) is 4.90 Å². The van der Waals surface area contributed by atoms with Crippen LogP contribution in [0, 0.1) is 6.92 Å². The predicted molar refractivity (Wildman–Crippen MR) is 68.0 cm³/mol. The fraction of sp³-hybridized carbons (Fsp3) is 0.500. The maximum Gasteiger partial charge on any atom is 0.238 e. The molecule has 0 aromatic heterocycles. The van der Waals surface area contributed by atoms with E-state index in [-0.39, 0.29) is 18.1 Å². The molecule has 2 saturated heterocycles. The van der Waals surface area contributed by atoms with E-state index in [1.165, 1.54) is 5.56 Å². The highest BCUT2D eigenvalue weighted by molar-refractivity contribution is 5.81. The van der Waals surface area contributed by atoms with Gasteiger partial charge in [-0.15, -0.1) is 0 Å². The molecule has 2 atom stereocenters. The molecule has 96 valence electrons. The van der Waals surface area contributed by atoms with Crippen molar-refractivity contribution in [3.8, 4) is 0 Å². The lowest BCUT2D eigenvalue weighted by Crippen LogP contribution is -2.40. The van der Waals surface area contributed by atoms with Crippen molar-refractivity contribution < 1.29 is 9.53 Å². The molecule has 0 aliphatic carbocycles. The lowest BCUT2D eigenvalue weighted by atomic mass is 10.1. The molecule has 0 spiro atoms. The number of carbonyl (C=O) groups excluding carboxylic acids is 1. The molecule has 0 saturated carbocycles. The number of rotatable bonds is 2. The largest absolute Gasteiger partial charge is 0.379 e. The van der Waals surface area contributed by atoms with E-state index in [4.69, 9.17) is 4.74 Å². The van der Waals surface area contributed by atoms with Crippen molar-refractivity contribution in [2.45, 2.75) is 25.6 Å². The van der Waals surface area contributed by atoms with Gasteiger partial charge in [0.1, 0.15) is 6.17 Å². The van der Waals surface area contributed by atoms with E-state index < -0.39 is 0 Å². The van der Waals surface area contributed by atoms with Crippen molar-refractivity contribution in [1.29, 1.82) is 0 Å². The molecule has 0 radical (unpaired) electrons. The van der Waals surface area contributed by atoms with Gasteiger partial charge < -0.3 is 9.64 Å². The Morgan fingerprint density at radius 1 is 1.33 bits per heavy atom. The molecule has 4 heteroatoms. The molecule has 2 unspecified atom stereocenters. The first kappa shape index (κ1) is 11.7. The Morgan fingerprint density at radius 3 is 2.78 bits per heavy atom. The SMILES string of the molecule is Cc1ccc(C2NCC(=O)N2C2CCOC2)cc1.